The van der Waals surface area contributed by atoms with Crippen molar-refractivity contribution in [2.24, 2.45) is 0 Å². The van der Waals surface area contributed by atoms with Gasteiger partial charge in [0.15, 0.2) is 0 Å². The van der Waals surface area contributed by atoms with Crippen molar-refractivity contribution in [2.45, 2.75) is 17.9 Å². The van der Waals surface area contributed by atoms with Crippen molar-refractivity contribution in [3.8, 4) is 0 Å². The molecule has 0 aliphatic carbocycles. The average Bonchev–Trinajstić information content (AvgIpc) is 2.53. The lowest BCUT2D eigenvalue weighted by Gasteiger charge is -2.14. The van der Waals surface area contributed by atoms with Gasteiger partial charge in [0.05, 0.1) is 6.10 Å². The standard InChI is InChI=1S/C17H18FNO2S/c1-11-5-3-4-6-13(11)15(20)10-19-17(21)12-7-8-14(18)16(9-12)22-2/h3-9,15,20H,10H2,1-2H3,(H,19,21). The highest BCUT2D eigenvalue weighted by Gasteiger charge is 2.13. The maximum Gasteiger partial charge on any atom is 0.251 e. The summed E-state index contributed by atoms with van der Waals surface area (Å²) in [5, 5.41) is 12.8. The van der Waals surface area contributed by atoms with E-state index < -0.39 is 6.10 Å². The van der Waals surface area contributed by atoms with E-state index in [9.17, 15) is 14.3 Å². The van der Waals surface area contributed by atoms with Crippen LogP contribution in [-0.4, -0.2) is 23.8 Å². The summed E-state index contributed by atoms with van der Waals surface area (Å²) in [6.07, 6.45) is 0.979. The van der Waals surface area contributed by atoms with Crippen LogP contribution >= 0.6 is 11.8 Å². The van der Waals surface area contributed by atoms with Crippen molar-refractivity contribution in [1.29, 1.82) is 0 Å². The Hall–Kier alpha value is -1.85. The molecule has 2 aromatic rings. The fraction of sp³-hybridized carbons (Fsp3) is 0.235. The normalized spacial score (nSPS) is 12.0. The number of hydrogen-bond acceptors (Lipinski definition) is 3. The van der Waals surface area contributed by atoms with Crippen molar-refractivity contribution < 1.29 is 14.3 Å². The zero-order valence-electron chi connectivity index (χ0n) is 12.5. The molecule has 116 valence electrons. The molecule has 3 nitrogen and oxygen atoms in total. The van der Waals surface area contributed by atoms with E-state index >= 15 is 0 Å². The number of aliphatic hydroxyl groups excluding tert-OH is 1. The maximum atomic E-state index is 13.4. The lowest BCUT2D eigenvalue weighted by molar-refractivity contribution is 0.0915. The minimum Gasteiger partial charge on any atom is -0.387 e. The number of benzene rings is 2. The molecule has 2 rings (SSSR count). The molecule has 0 spiro atoms. The first-order valence-electron chi connectivity index (χ1n) is 6.88. The number of carbonyl (C=O) groups excluding carboxylic acids is 1. The van der Waals surface area contributed by atoms with Crippen LogP contribution in [0, 0.1) is 12.7 Å². The molecule has 0 aromatic heterocycles. The molecule has 0 radical (unpaired) electrons. The maximum absolute atomic E-state index is 13.4. The second-order valence-corrected chi connectivity index (χ2v) is 5.78. The predicted molar refractivity (Wildman–Crippen MR) is 86.7 cm³/mol. The minimum atomic E-state index is -0.773. The monoisotopic (exact) mass is 319 g/mol. The highest BCUT2D eigenvalue weighted by Crippen LogP contribution is 2.21. The van der Waals surface area contributed by atoms with Crippen LogP contribution < -0.4 is 5.32 Å². The van der Waals surface area contributed by atoms with Gasteiger partial charge in [-0.15, -0.1) is 11.8 Å². The van der Waals surface area contributed by atoms with Gasteiger partial charge in [-0.2, -0.15) is 0 Å². The molecule has 0 fully saturated rings. The highest BCUT2D eigenvalue weighted by molar-refractivity contribution is 7.98. The summed E-state index contributed by atoms with van der Waals surface area (Å²) in [5.41, 5.74) is 2.13. The summed E-state index contributed by atoms with van der Waals surface area (Å²) in [6, 6.07) is 11.7. The first-order chi connectivity index (χ1) is 10.5. The van der Waals surface area contributed by atoms with E-state index in [1.54, 1.807) is 6.26 Å². The Bertz CT molecular complexity index is 675. The van der Waals surface area contributed by atoms with Gasteiger partial charge in [-0.25, -0.2) is 4.39 Å². The quantitative estimate of drug-likeness (QED) is 0.831. The Kier molecular flexibility index (Phi) is 5.57. The third-order valence-electron chi connectivity index (χ3n) is 3.42. The van der Waals surface area contributed by atoms with Gasteiger partial charge in [0.1, 0.15) is 5.82 Å². The van der Waals surface area contributed by atoms with Crippen LogP contribution in [0.1, 0.15) is 27.6 Å². The second-order valence-electron chi connectivity index (χ2n) is 4.93. The van der Waals surface area contributed by atoms with E-state index in [4.69, 9.17) is 0 Å². The summed E-state index contributed by atoms with van der Waals surface area (Å²) >= 11 is 1.25. The topological polar surface area (TPSA) is 49.3 Å². The molecular weight excluding hydrogens is 301 g/mol. The third-order valence-corrected chi connectivity index (χ3v) is 4.17. The van der Waals surface area contributed by atoms with Crippen LogP contribution in [0.3, 0.4) is 0 Å². The number of carbonyl (C=O) groups is 1. The van der Waals surface area contributed by atoms with Gasteiger partial charge < -0.3 is 10.4 Å². The molecule has 2 N–H and O–H groups in total. The Morgan fingerprint density at radius 3 is 2.73 bits per heavy atom. The van der Waals surface area contributed by atoms with E-state index in [-0.39, 0.29) is 18.3 Å². The number of nitrogens with one attached hydrogen (secondary N) is 1. The van der Waals surface area contributed by atoms with E-state index in [2.05, 4.69) is 5.32 Å². The van der Waals surface area contributed by atoms with Gasteiger partial charge >= 0.3 is 0 Å². The van der Waals surface area contributed by atoms with Gasteiger partial charge in [0, 0.05) is 17.0 Å². The average molecular weight is 319 g/mol. The fourth-order valence-electron chi connectivity index (χ4n) is 2.16. The molecule has 0 aliphatic heterocycles. The van der Waals surface area contributed by atoms with Gasteiger partial charge in [0.2, 0.25) is 0 Å². The number of rotatable bonds is 5. The molecule has 0 saturated carbocycles. The molecule has 1 atom stereocenters. The highest BCUT2D eigenvalue weighted by atomic mass is 32.2. The van der Waals surface area contributed by atoms with Crippen LogP contribution in [0.25, 0.3) is 0 Å². The third kappa shape index (κ3) is 3.87. The molecule has 22 heavy (non-hydrogen) atoms. The van der Waals surface area contributed by atoms with E-state index in [1.807, 2.05) is 31.2 Å². The van der Waals surface area contributed by atoms with E-state index in [1.165, 1.54) is 30.0 Å². The number of thioether (sulfide) groups is 1. The SMILES string of the molecule is CSc1cc(C(=O)NCC(O)c2ccccc2C)ccc1F. The molecule has 1 amide bonds. The minimum absolute atomic E-state index is 0.107. The molecule has 0 aliphatic rings. The zero-order chi connectivity index (χ0) is 16.1. The van der Waals surface area contributed by atoms with Gasteiger partial charge in [-0.1, -0.05) is 24.3 Å². The van der Waals surface area contributed by atoms with E-state index in [0.717, 1.165) is 11.1 Å². The number of aliphatic hydroxyl groups is 1. The number of halogens is 1. The molecule has 1 unspecified atom stereocenters. The lowest BCUT2D eigenvalue weighted by Crippen LogP contribution is -2.28. The Labute approximate surface area is 133 Å². The number of aryl methyl sites for hydroxylation is 1. The van der Waals surface area contributed by atoms with Crippen LogP contribution in [0.2, 0.25) is 0 Å². The van der Waals surface area contributed by atoms with Crippen LogP contribution in [0.5, 0.6) is 0 Å². The van der Waals surface area contributed by atoms with Crippen molar-refractivity contribution in [3.63, 3.8) is 0 Å². The first kappa shape index (κ1) is 16.5. The van der Waals surface area contributed by atoms with Gasteiger partial charge in [-0.05, 0) is 42.5 Å². The molecule has 0 saturated heterocycles. The van der Waals surface area contributed by atoms with Crippen molar-refractivity contribution >= 4 is 17.7 Å². The fourth-order valence-corrected chi connectivity index (χ4v) is 2.67. The lowest BCUT2D eigenvalue weighted by atomic mass is 10.0. The summed E-state index contributed by atoms with van der Waals surface area (Å²) in [4.78, 5) is 12.5. The summed E-state index contributed by atoms with van der Waals surface area (Å²) in [6.45, 7) is 2.01. The Morgan fingerprint density at radius 1 is 1.32 bits per heavy atom. The number of amides is 1. The van der Waals surface area contributed by atoms with E-state index in [0.29, 0.717) is 10.5 Å². The zero-order valence-corrected chi connectivity index (χ0v) is 13.3. The summed E-state index contributed by atoms with van der Waals surface area (Å²) < 4.78 is 13.4. The molecule has 0 heterocycles. The van der Waals surface area contributed by atoms with Crippen molar-refractivity contribution in [2.75, 3.05) is 12.8 Å². The molecule has 2 aromatic carbocycles. The van der Waals surface area contributed by atoms with Gasteiger partial charge in [0.25, 0.3) is 5.91 Å². The van der Waals surface area contributed by atoms with Crippen LogP contribution in [-0.2, 0) is 0 Å². The first-order valence-corrected chi connectivity index (χ1v) is 8.10. The molecule has 5 heteroatoms. The summed E-state index contributed by atoms with van der Waals surface area (Å²) in [7, 11) is 0. The van der Waals surface area contributed by atoms with Crippen LogP contribution in [0.15, 0.2) is 47.4 Å². The number of hydrogen-bond donors (Lipinski definition) is 2. The Balaban J connectivity index is 2.02. The summed E-state index contributed by atoms with van der Waals surface area (Å²) in [5.74, 6) is -0.674. The smallest absolute Gasteiger partial charge is 0.251 e. The predicted octanol–water partition coefficient (Wildman–Crippen LogP) is 3.32. The van der Waals surface area contributed by atoms with Crippen LogP contribution in [0.4, 0.5) is 4.39 Å². The van der Waals surface area contributed by atoms with Crippen molar-refractivity contribution in [3.05, 3.63) is 65.0 Å². The van der Waals surface area contributed by atoms with Gasteiger partial charge in [-0.3, -0.25) is 4.79 Å². The molecule has 0 bridgehead atoms. The largest absolute Gasteiger partial charge is 0.387 e. The second kappa shape index (κ2) is 7.42. The molecular formula is C17H18FNO2S. The van der Waals surface area contributed by atoms with Crippen molar-refractivity contribution in [1.82, 2.24) is 5.32 Å². The Morgan fingerprint density at radius 2 is 2.05 bits per heavy atom.